The second-order valence-corrected chi connectivity index (χ2v) is 8.57. The molecule has 0 fully saturated rings. The molecule has 2 heteroatoms. The molecule has 0 aliphatic carbocycles. The quantitative estimate of drug-likeness (QED) is 0.616. The van der Waals surface area contributed by atoms with Gasteiger partial charge in [-0.3, -0.25) is 0 Å². The molecule has 0 bridgehead atoms. The molecule has 3 rings (SSSR count). The summed E-state index contributed by atoms with van der Waals surface area (Å²) in [5.41, 5.74) is 0. The average Bonchev–Trinajstić information content (AvgIpc) is 2.56. The summed E-state index contributed by atoms with van der Waals surface area (Å²) >= 11 is 0. The fourth-order valence-electron chi connectivity index (χ4n) is 2.63. The molecule has 0 aliphatic heterocycles. The van der Waals surface area contributed by atoms with E-state index in [2.05, 4.69) is 97.7 Å². The Bertz CT molecular complexity index is 569. The topological polar surface area (TPSA) is 0 Å². The van der Waals surface area contributed by atoms with Gasteiger partial charge in [0.2, 0.25) is 0 Å². The minimum atomic E-state index is -1.53. The molecule has 0 spiro atoms. The summed E-state index contributed by atoms with van der Waals surface area (Å²) in [5, 5.41) is 4.28. The Labute approximate surface area is 138 Å². The number of benzene rings is 3. The second-order valence-electron chi connectivity index (χ2n) is 5.01. The maximum Gasteiger partial charge on any atom is 0.109 e. The van der Waals surface area contributed by atoms with Crippen LogP contribution < -0.4 is 15.9 Å². The molecule has 3 aromatic rings. The highest BCUT2D eigenvalue weighted by molar-refractivity contribution is 8.93. The van der Waals surface area contributed by atoms with E-state index in [0.29, 0.717) is 0 Å². The van der Waals surface area contributed by atoms with Crippen molar-refractivity contribution in [2.24, 2.45) is 0 Å². The largest absolute Gasteiger partial charge is 0.114 e. The molecule has 3 aromatic carbocycles. The second kappa shape index (κ2) is 7.02. The van der Waals surface area contributed by atoms with E-state index in [1.807, 2.05) is 0 Å². The van der Waals surface area contributed by atoms with Crippen molar-refractivity contribution in [1.82, 2.24) is 0 Å². The molecule has 0 atom stereocenters. The first-order chi connectivity index (χ1) is 9.82. The molecule has 0 saturated heterocycles. The van der Waals surface area contributed by atoms with E-state index >= 15 is 0 Å². The van der Waals surface area contributed by atoms with Crippen molar-refractivity contribution in [3.8, 4) is 0 Å². The van der Waals surface area contributed by atoms with Crippen LogP contribution in [0.1, 0.15) is 0 Å². The molecule has 0 radical (unpaired) electrons. The first kappa shape index (κ1) is 15.9. The van der Waals surface area contributed by atoms with Gasteiger partial charge in [-0.1, -0.05) is 54.6 Å². The number of hydrogen-bond donors (Lipinski definition) is 0. The Hall–Kier alpha value is -1.43. The minimum Gasteiger partial charge on any atom is -0.114 e. The molecular weight excluding hydrogens is 339 g/mol. The van der Waals surface area contributed by atoms with E-state index in [4.69, 9.17) is 0 Å². The molecule has 0 saturated carbocycles. The van der Waals surface area contributed by atoms with Gasteiger partial charge in [-0.25, -0.2) is 0 Å². The lowest BCUT2D eigenvalue weighted by molar-refractivity contribution is 1.72. The van der Waals surface area contributed by atoms with Crippen LogP contribution in [0.4, 0.5) is 0 Å². The van der Waals surface area contributed by atoms with Crippen LogP contribution in [0.15, 0.2) is 91.0 Å². The van der Waals surface area contributed by atoms with Crippen molar-refractivity contribution >= 4 is 40.2 Å². The molecule has 0 aromatic heterocycles. The predicted molar refractivity (Wildman–Crippen MR) is 101 cm³/mol. The Morgan fingerprint density at radius 2 is 0.714 bits per heavy atom. The summed E-state index contributed by atoms with van der Waals surface area (Å²) in [6, 6.07) is 32.6. The van der Waals surface area contributed by atoms with E-state index in [1.165, 1.54) is 15.9 Å². The first-order valence-electron chi connectivity index (χ1n) is 6.85. The summed E-state index contributed by atoms with van der Waals surface area (Å²) in [6.45, 7) is 2.41. The lowest BCUT2D eigenvalue weighted by Gasteiger charge is -2.22. The van der Waals surface area contributed by atoms with E-state index in [-0.39, 0.29) is 17.0 Å². The highest BCUT2D eigenvalue weighted by Gasteiger charge is 2.39. The molecule has 0 amide bonds. The van der Waals surface area contributed by atoms with Gasteiger partial charge < -0.3 is 0 Å². The lowest BCUT2D eigenvalue weighted by atomic mass is 10.4. The van der Waals surface area contributed by atoms with E-state index < -0.39 is 7.26 Å². The van der Waals surface area contributed by atoms with E-state index in [0.717, 1.165) is 0 Å². The molecule has 21 heavy (non-hydrogen) atoms. The summed E-state index contributed by atoms with van der Waals surface area (Å²) < 4.78 is 0. The molecule has 0 N–H and O–H groups in total. The van der Waals surface area contributed by atoms with E-state index in [9.17, 15) is 0 Å². The summed E-state index contributed by atoms with van der Waals surface area (Å²) in [5.74, 6) is 0. The highest BCUT2D eigenvalue weighted by atomic mass is 79.9. The van der Waals surface area contributed by atoms with Crippen LogP contribution in [-0.2, 0) is 0 Å². The third-order valence-corrected chi connectivity index (χ3v) is 7.81. The summed E-state index contributed by atoms with van der Waals surface area (Å²) in [6.07, 6.45) is 0. The monoisotopic (exact) mass is 357 g/mol. The first-order valence-corrected chi connectivity index (χ1v) is 9.09. The average molecular weight is 358 g/mol. The van der Waals surface area contributed by atoms with Crippen LogP contribution >= 0.6 is 24.2 Å². The molecule has 0 heterocycles. The van der Waals surface area contributed by atoms with Gasteiger partial charge in [0.15, 0.2) is 0 Å². The fraction of sp³-hybridized carbons (Fsp3) is 0.0526. The SMILES string of the molecule is Br.C[P+](c1ccccc1)(c1ccccc1)c1ccccc1. The molecule has 0 unspecified atom stereocenters. The zero-order chi connectivity index (χ0) is 13.8. The third kappa shape index (κ3) is 3.10. The van der Waals surface area contributed by atoms with Crippen LogP contribution in [0.2, 0.25) is 0 Å². The molecule has 0 aliphatic rings. The fourth-order valence-corrected chi connectivity index (χ4v) is 5.83. The van der Waals surface area contributed by atoms with Crippen LogP contribution in [-0.4, -0.2) is 6.66 Å². The third-order valence-electron chi connectivity index (χ3n) is 3.82. The Morgan fingerprint density at radius 3 is 0.952 bits per heavy atom. The number of rotatable bonds is 3. The minimum absolute atomic E-state index is 0. The lowest BCUT2D eigenvalue weighted by Crippen LogP contribution is -2.30. The zero-order valence-electron chi connectivity index (χ0n) is 12.0. The maximum atomic E-state index is 2.41. The molecule has 106 valence electrons. The highest BCUT2D eigenvalue weighted by Crippen LogP contribution is 2.51. The zero-order valence-corrected chi connectivity index (χ0v) is 14.6. The van der Waals surface area contributed by atoms with Gasteiger partial charge in [0.1, 0.15) is 23.2 Å². The standard InChI is InChI=1S/C19H18P.BrH/c1-20(17-11-5-2-6-12-17,18-13-7-3-8-14-18)19-15-9-4-10-16-19;/h2-16H,1H3;1H/q+1;. The Morgan fingerprint density at radius 1 is 0.476 bits per heavy atom. The van der Waals surface area contributed by atoms with Gasteiger partial charge in [-0.15, -0.1) is 17.0 Å². The maximum absolute atomic E-state index is 2.41. The van der Waals surface area contributed by atoms with Gasteiger partial charge in [0.25, 0.3) is 0 Å². The number of halogens is 1. The van der Waals surface area contributed by atoms with Crippen LogP contribution in [0, 0.1) is 0 Å². The van der Waals surface area contributed by atoms with Crippen LogP contribution in [0.3, 0.4) is 0 Å². The Balaban J connectivity index is 0.00000161. The van der Waals surface area contributed by atoms with Crippen molar-refractivity contribution in [2.75, 3.05) is 6.66 Å². The molecular formula is C19H19BrP+. The van der Waals surface area contributed by atoms with Crippen molar-refractivity contribution in [1.29, 1.82) is 0 Å². The van der Waals surface area contributed by atoms with Gasteiger partial charge in [0, 0.05) is 0 Å². The smallest absolute Gasteiger partial charge is 0.109 e. The normalized spacial score (nSPS) is 10.7. The van der Waals surface area contributed by atoms with Crippen molar-refractivity contribution in [3.63, 3.8) is 0 Å². The van der Waals surface area contributed by atoms with Crippen LogP contribution in [0.5, 0.6) is 0 Å². The van der Waals surface area contributed by atoms with Gasteiger partial charge in [-0.05, 0) is 36.4 Å². The predicted octanol–water partition coefficient (Wildman–Crippen LogP) is 4.19. The number of hydrogen-bond acceptors (Lipinski definition) is 0. The van der Waals surface area contributed by atoms with Gasteiger partial charge in [0.05, 0.1) is 6.66 Å². The summed E-state index contributed by atoms with van der Waals surface area (Å²) in [4.78, 5) is 0. The summed E-state index contributed by atoms with van der Waals surface area (Å²) in [7, 11) is -1.53. The Kier molecular flexibility index (Phi) is 5.33. The van der Waals surface area contributed by atoms with Gasteiger partial charge >= 0.3 is 0 Å². The van der Waals surface area contributed by atoms with Crippen LogP contribution in [0.25, 0.3) is 0 Å². The molecule has 0 nitrogen and oxygen atoms in total. The van der Waals surface area contributed by atoms with Crippen molar-refractivity contribution < 1.29 is 0 Å². The van der Waals surface area contributed by atoms with Crippen molar-refractivity contribution in [3.05, 3.63) is 91.0 Å². The van der Waals surface area contributed by atoms with Gasteiger partial charge in [-0.2, -0.15) is 0 Å². The van der Waals surface area contributed by atoms with E-state index in [1.54, 1.807) is 0 Å². The van der Waals surface area contributed by atoms with Crippen molar-refractivity contribution in [2.45, 2.75) is 0 Å².